The summed E-state index contributed by atoms with van der Waals surface area (Å²) in [6.07, 6.45) is 1.60. The first-order valence-electron chi connectivity index (χ1n) is 4.29. The molecule has 0 atom stereocenters. The SMILES string of the molecule is NC(=S)NNc1cnc2ccccc2n1. The summed E-state index contributed by atoms with van der Waals surface area (Å²) in [5.41, 5.74) is 12.3. The molecule has 0 unspecified atom stereocenters. The summed E-state index contributed by atoms with van der Waals surface area (Å²) in [6, 6.07) is 7.60. The van der Waals surface area contributed by atoms with E-state index in [0.717, 1.165) is 11.0 Å². The number of para-hydroxylation sites is 2. The number of rotatable bonds is 2. The van der Waals surface area contributed by atoms with Crippen LogP contribution in [0.15, 0.2) is 30.5 Å². The number of anilines is 1. The molecule has 0 aliphatic carbocycles. The number of nitrogens with one attached hydrogen (secondary N) is 2. The summed E-state index contributed by atoms with van der Waals surface area (Å²) in [5, 5.41) is 0.157. The molecule has 6 heteroatoms. The van der Waals surface area contributed by atoms with E-state index in [1.165, 1.54) is 0 Å². The molecule has 0 fully saturated rings. The van der Waals surface area contributed by atoms with E-state index < -0.39 is 0 Å². The summed E-state index contributed by atoms with van der Waals surface area (Å²) in [4.78, 5) is 8.51. The van der Waals surface area contributed by atoms with Gasteiger partial charge in [-0.15, -0.1) is 0 Å². The lowest BCUT2D eigenvalue weighted by molar-refractivity contribution is 1.09. The van der Waals surface area contributed by atoms with Gasteiger partial charge >= 0.3 is 0 Å². The topological polar surface area (TPSA) is 75.9 Å². The predicted octanol–water partition coefficient (Wildman–Crippen LogP) is 0.790. The van der Waals surface area contributed by atoms with Crippen molar-refractivity contribution in [3.8, 4) is 0 Å². The highest BCUT2D eigenvalue weighted by Gasteiger charge is 1.97. The minimum Gasteiger partial charge on any atom is -0.375 e. The summed E-state index contributed by atoms with van der Waals surface area (Å²) in [6.45, 7) is 0. The molecule has 0 aliphatic heterocycles. The number of hydrazine groups is 1. The number of nitrogens with two attached hydrogens (primary N) is 1. The number of benzene rings is 1. The van der Waals surface area contributed by atoms with E-state index in [1.807, 2.05) is 24.3 Å². The van der Waals surface area contributed by atoms with Gasteiger partial charge in [0.2, 0.25) is 0 Å². The highest BCUT2D eigenvalue weighted by molar-refractivity contribution is 7.80. The minimum atomic E-state index is 0.157. The van der Waals surface area contributed by atoms with Crippen LogP contribution in [0.5, 0.6) is 0 Å². The number of fused-ring (bicyclic) bond motifs is 1. The molecule has 1 aromatic heterocycles. The Balaban J connectivity index is 2.26. The van der Waals surface area contributed by atoms with Crippen molar-refractivity contribution in [3.05, 3.63) is 30.5 Å². The van der Waals surface area contributed by atoms with E-state index in [-0.39, 0.29) is 5.11 Å². The van der Waals surface area contributed by atoms with Gasteiger partial charge in [-0.2, -0.15) is 0 Å². The molecule has 0 aliphatic rings. The minimum absolute atomic E-state index is 0.157. The number of nitrogens with zero attached hydrogens (tertiary/aromatic N) is 2. The second kappa shape index (κ2) is 4.05. The van der Waals surface area contributed by atoms with Crippen molar-refractivity contribution in [3.63, 3.8) is 0 Å². The van der Waals surface area contributed by atoms with Gasteiger partial charge in [-0.05, 0) is 24.4 Å². The molecule has 5 nitrogen and oxygen atoms in total. The van der Waals surface area contributed by atoms with Crippen LogP contribution >= 0.6 is 12.2 Å². The van der Waals surface area contributed by atoms with Crippen LogP contribution in [0.1, 0.15) is 0 Å². The monoisotopic (exact) mass is 219 g/mol. The summed E-state index contributed by atoms with van der Waals surface area (Å²) in [7, 11) is 0. The van der Waals surface area contributed by atoms with Gasteiger partial charge in [-0.25, -0.2) is 4.98 Å². The summed E-state index contributed by atoms with van der Waals surface area (Å²) >= 11 is 4.65. The molecular weight excluding hydrogens is 210 g/mol. The predicted molar refractivity (Wildman–Crippen MR) is 63.1 cm³/mol. The lowest BCUT2D eigenvalue weighted by Crippen LogP contribution is -2.34. The van der Waals surface area contributed by atoms with Crippen LogP contribution in [-0.2, 0) is 0 Å². The van der Waals surface area contributed by atoms with Crippen LogP contribution in [0, 0.1) is 0 Å². The van der Waals surface area contributed by atoms with Crippen molar-refractivity contribution >= 4 is 34.2 Å². The molecule has 2 aromatic rings. The number of aromatic nitrogens is 2. The Morgan fingerprint density at radius 2 is 2.00 bits per heavy atom. The largest absolute Gasteiger partial charge is 0.375 e. The van der Waals surface area contributed by atoms with Crippen molar-refractivity contribution in [2.24, 2.45) is 5.73 Å². The Bertz CT molecular complexity index is 499. The van der Waals surface area contributed by atoms with Crippen LogP contribution in [0.2, 0.25) is 0 Å². The van der Waals surface area contributed by atoms with Gasteiger partial charge < -0.3 is 5.73 Å². The van der Waals surface area contributed by atoms with Crippen molar-refractivity contribution in [1.82, 2.24) is 15.4 Å². The second-order valence-electron chi connectivity index (χ2n) is 2.86. The number of hydrogen-bond acceptors (Lipinski definition) is 4. The molecule has 4 N–H and O–H groups in total. The zero-order valence-corrected chi connectivity index (χ0v) is 8.58. The fourth-order valence-electron chi connectivity index (χ4n) is 1.14. The molecule has 0 saturated heterocycles. The first kappa shape index (κ1) is 9.60. The smallest absolute Gasteiger partial charge is 0.182 e. The summed E-state index contributed by atoms with van der Waals surface area (Å²) < 4.78 is 0. The Morgan fingerprint density at radius 3 is 2.73 bits per heavy atom. The number of thiocarbonyl (C=S) groups is 1. The maximum absolute atomic E-state index is 5.26. The average Bonchev–Trinajstić information content (AvgIpc) is 2.26. The maximum Gasteiger partial charge on any atom is 0.182 e. The van der Waals surface area contributed by atoms with Crippen LogP contribution < -0.4 is 16.6 Å². The first-order chi connectivity index (χ1) is 7.25. The molecule has 0 bridgehead atoms. The highest BCUT2D eigenvalue weighted by atomic mass is 32.1. The van der Waals surface area contributed by atoms with Crippen molar-refractivity contribution in [1.29, 1.82) is 0 Å². The highest BCUT2D eigenvalue weighted by Crippen LogP contribution is 2.10. The van der Waals surface area contributed by atoms with E-state index >= 15 is 0 Å². The molecule has 2 rings (SSSR count). The van der Waals surface area contributed by atoms with Gasteiger partial charge in [-0.1, -0.05) is 12.1 Å². The maximum atomic E-state index is 5.26. The van der Waals surface area contributed by atoms with E-state index in [2.05, 4.69) is 33.0 Å². The quantitative estimate of drug-likeness (QED) is 0.512. The molecule has 0 radical (unpaired) electrons. The fraction of sp³-hybridized carbons (Fsp3) is 0. The van der Waals surface area contributed by atoms with E-state index in [0.29, 0.717) is 5.82 Å². The van der Waals surface area contributed by atoms with Crippen molar-refractivity contribution < 1.29 is 0 Å². The van der Waals surface area contributed by atoms with Crippen LogP contribution in [0.4, 0.5) is 5.82 Å². The van der Waals surface area contributed by atoms with Gasteiger partial charge in [0.15, 0.2) is 10.9 Å². The van der Waals surface area contributed by atoms with Gasteiger partial charge in [0.05, 0.1) is 17.2 Å². The lowest BCUT2D eigenvalue weighted by Gasteiger charge is -2.06. The summed E-state index contributed by atoms with van der Waals surface area (Å²) in [5.74, 6) is 0.571. The van der Waals surface area contributed by atoms with Crippen molar-refractivity contribution in [2.75, 3.05) is 5.43 Å². The molecule has 76 valence electrons. The Hall–Kier alpha value is -1.95. The zero-order chi connectivity index (χ0) is 10.7. The van der Waals surface area contributed by atoms with E-state index in [4.69, 9.17) is 5.73 Å². The van der Waals surface area contributed by atoms with Gasteiger partial charge in [0.1, 0.15) is 0 Å². The third-order valence-corrected chi connectivity index (χ3v) is 1.86. The van der Waals surface area contributed by atoms with Gasteiger partial charge in [0, 0.05) is 0 Å². The molecule has 15 heavy (non-hydrogen) atoms. The second-order valence-corrected chi connectivity index (χ2v) is 3.30. The van der Waals surface area contributed by atoms with Crippen LogP contribution in [-0.4, -0.2) is 15.1 Å². The van der Waals surface area contributed by atoms with E-state index in [1.54, 1.807) is 6.20 Å². The molecular formula is C9H9N5S. The van der Waals surface area contributed by atoms with Gasteiger partial charge in [-0.3, -0.25) is 15.8 Å². The molecule has 0 spiro atoms. The number of hydrogen-bond donors (Lipinski definition) is 3. The normalized spacial score (nSPS) is 9.87. The Labute approximate surface area is 91.7 Å². The van der Waals surface area contributed by atoms with Gasteiger partial charge in [0.25, 0.3) is 0 Å². The third kappa shape index (κ3) is 2.29. The first-order valence-corrected chi connectivity index (χ1v) is 4.70. The van der Waals surface area contributed by atoms with Crippen LogP contribution in [0.3, 0.4) is 0 Å². The average molecular weight is 219 g/mol. The molecule has 1 aromatic carbocycles. The molecule has 0 saturated carbocycles. The van der Waals surface area contributed by atoms with Crippen LogP contribution in [0.25, 0.3) is 11.0 Å². The molecule has 0 amide bonds. The fourth-order valence-corrected chi connectivity index (χ4v) is 1.19. The molecule has 1 heterocycles. The standard InChI is InChI=1S/C9H9N5S/c10-9(15)14-13-8-5-11-6-3-1-2-4-7(6)12-8/h1-5H,(H,12,13)(H3,10,14,15). The Kier molecular flexibility index (Phi) is 2.59. The van der Waals surface area contributed by atoms with E-state index in [9.17, 15) is 0 Å². The van der Waals surface area contributed by atoms with Crippen molar-refractivity contribution in [2.45, 2.75) is 0 Å². The third-order valence-electron chi connectivity index (χ3n) is 1.76. The Morgan fingerprint density at radius 1 is 1.27 bits per heavy atom. The zero-order valence-electron chi connectivity index (χ0n) is 7.77. The lowest BCUT2D eigenvalue weighted by atomic mass is 10.3.